The summed E-state index contributed by atoms with van der Waals surface area (Å²) >= 11 is 0. The van der Waals surface area contributed by atoms with Gasteiger partial charge in [-0.05, 0) is 6.42 Å². The van der Waals surface area contributed by atoms with Crippen molar-refractivity contribution in [2.24, 2.45) is 11.5 Å². The van der Waals surface area contributed by atoms with Gasteiger partial charge in [0, 0.05) is 12.6 Å². The lowest BCUT2D eigenvalue weighted by Gasteiger charge is -1.97. The van der Waals surface area contributed by atoms with Crippen molar-refractivity contribution in [2.45, 2.75) is 19.4 Å². The Hall–Kier alpha value is -0.340. The molecule has 8 heavy (non-hydrogen) atoms. The molecule has 1 unspecified atom stereocenters. The lowest BCUT2D eigenvalue weighted by Crippen LogP contribution is -2.26. The highest BCUT2D eigenvalue weighted by molar-refractivity contribution is 4.90. The molecular weight excluding hydrogens is 100 g/mol. The quantitative estimate of drug-likeness (QED) is 0.516. The van der Waals surface area contributed by atoms with Gasteiger partial charge < -0.3 is 11.5 Å². The molecule has 1 atom stereocenters. The maximum absolute atomic E-state index is 5.45. The van der Waals surface area contributed by atoms with Crippen LogP contribution in [0.25, 0.3) is 0 Å². The largest absolute Gasteiger partial charge is 0.329 e. The highest BCUT2D eigenvalue weighted by Gasteiger charge is 1.87. The standard InChI is InChI=1S/C6H14N2/c1-2-3-4-6(8)5-7/h3-4,6H,2,5,7-8H2,1H3. The summed E-state index contributed by atoms with van der Waals surface area (Å²) in [6, 6.07) is 0.0509. The van der Waals surface area contributed by atoms with Crippen LogP contribution in [-0.4, -0.2) is 12.6 Å². The van der Waals surface area contributed by atoms with Crippen LogP contribution in [-0.2, 0) is 0 Å². The van der Waals surface area contributed by atoms with E-state index in [4.69, 9.17) is 11.5 Å². The van der Waals surface area contributed by atoms with Crippen molar-refractivity contribution in [3.05, 3.63) is 12.2 Å². The van der Waals surface area contributed by atoms with Crippen molar-refractivity contribution in [2.75, 3.05) is 6.54 Å². The van der Waals surface area contributed by atoms with Crippen molar-refractivity contribution in [1.82, 2.24) is 0 Å². The molecule has 0 bridgehead atoms. The van der Waals surface area contributed by atoms with Gasteiger partial charge in [0.15, 0.2) is 0 Å². The van der Waals surface area contributed by atoms with E-state index in [1.807, 2.05) is 12.2 Å². The fourth-order valence-electron chi connectivity index (χ4n) is 0.389. The third-order valence-electron chi connectivity index (χ3n) is 0.891. The van der Waals surface area contributed by atoms with Crippen LogP contribution in [0.15, 0.2) is 12.2 Å². The van der Waals surface area contributed by atoms with Crippen LogP contribution in [0, 0.1) is 0 Å². The SMILES string of the molecule is CCC=CC(N)CN. The van der Waals surface area contributed by atoms with Gasteiger partial charge in [-0.3, -0.25) is 0 Å². The Kier molecular flexibility index (Phi) is 4.61. The molecule has 48 valence electrons. The van der Waals surface area contributed by atoms with Crippen LogP contribution >= 0.6 is 0 Å². The summed E-state index contributed by atoms with van der Waals surface area (Å²) < 4.78 is 0. The lowest BCUT2D eigenvalue weighted by atomic mass is 10.3. The molecule has 0 aliphatic heterocycles. The second kappa shape index (κ2) is 4.81. The lowest BCUT2D eigenvalue weighted by molar-refractivity contribution is 0.819. The summed E-state index contributed by atoms with van der Waals surface area (Å²) in [5.41, 5.74) is 10.7. The fraction of sp³-hybridized carbons (Fsp3) is 0.667. The highest BCUT2D eigenvalue weighted by Crippen LogP contribution is 1.81. The number of hydrogen-bond acceptors (Lipinski definition) is 2. The van der Waals surface area contributed by atoms with Crippen LogP contribution in [0.5, 0.6) is 0 Å². The first-order valence-electron chi connectivity index (χ1n) is 2.93. The van der Waals surface area contributed by atoms with Crippen molar-refractivity contribution >= 4 is 0 Å². The minimum absolute atomic E-state index is 0.0509. The summed E-state index contributed by atoms with van der Waals surface area (Å²) in [7, 11) is 0. The third kappa shape index (κ3) is 3.84. The topological polar surface area (TPSA) is 52.0 Å². The first-order chi connectivity index (χ1) is 3.81. The van der Waals surface area contributed by atoms with Gasteiger partial charge in [-0.2, -0.15) is 0 Å². The predicted octanol–water partition coefficient (Wildman–Crippen LogP) is 0.239. The average molecular weight is 114 g/mol. The van der Waals surface area contributed by atoms with Gasteiger partial charge in [0.2, 0.25) is 0 Å². The second-order valence-corrected chi connectivity index (χ2v) is 1.74. The molecule has 4 N–H and O–H groups in total. The molecule has 0 aromatic carbocycles. The summed E-state index contributed by atoms with van der Waals surface area (Å²) in [6.07, 6.45) is 4.99. The second-order valence-electron chi connectivity index (χ2n) is 1.74. The summed E-state index contributed by atoms with van der Waals surface area (Å²) in [5.74, 6) is 0. The van der Waals surface area contributed by atoms with Gasteiger partial charge in [0.1, 0.15) is 0 Å². The highest BCUT2D eigenvalue weighted by atomic mass is 14.7. The normalized spacial score (nSPS) is 14.9. The first kappa shape index (κ1) is 7.66. The molecule has 0 fully saturated rings. The minimum Gasteiger partial charge on any atom is -0.329 e. The fourth-order valence-corrected chi connectivity index (χ4v) is 0.389. The van der Waals surface area contributed by atoms with E-state index in [0.29, 0.717) is 6.54 Å². The molecule has 0 aliphatic carbocycles. The Morgan fingerprint density at radius 3 is 2.62 bits per heavy atom. The smallest absolute Gasteiger partial charge is 0.0348 e. The molecular formula is C6H14N2. The molecule has 0 aromatic heterocycles. The van der Waals surface area contributed by atoms with E-state index in [0.717, 1.165) is 6.42 Å². The van der Waals surface area contributed by atoms with Crippen LogP contribution in [0.1, 0.15) is 13.3 Å². The maximum Gasteiger partial charge on any atom is 0.0348 e. The number of nitrogens with two attached hydrogens (primary N) is 2. The van der Waals surface area contributed by atoms with Crippen LogP contribution in [0.3, 0.4) is 0 Å². The Morgan fingerprint density at radius 1 is 1.62 bits per heavy atom. The Balaban J connectivity index is 3.21. The summed E-state index contributed by atoms with van der Waals surface area (Å²) in [6.45, 7) is 2.61. The van der Waals surface area contributed by atoms with Gasteiger partial charge in [0.05, 0.1) is 0 Å². The number of allylic oxidation sites excluding steroid dienone is 1. The van der Waals surface area contributed by atoms with Gasteiger partial charge in [0.25, 0.3) is 0 Å². The molecule has 0 aliphatic rings. The maximum atomic E-state index is 5.45. The van der Waals surface area contributed by atoms with E-state index in [-0.39, 0.29) is 6.04 Å². The minimum atomic E-state index is 0.0509. The Bertz CT molecular complexity index is 68.9. The van der Waals surface area contributed by atoms with Gasteiger partial charge >= 0.3 is 0 Å². The molecule has 0 saturated carbocycles. The third-order valence-corrected chi connectivity index (χ3v) is 0.891. The van der Waals surface area contributed by atoms with Crippen molar-refractivity contribution < 1.29 is 0 Å². The zero-order chi connectivity index (χ0) is 6.41. The number of hydrogen-bond donors (Lipinski definition) is 2. The Labute approximate surface area is 50.6 Å². The van der Waals surface area contributed by atoms with E-state index >= 15 is 0 Å². The monoisotopic (exact) mass is 114 g/mol. The zero-order valence-electron chi connectivity index (χ0n) is 5.30. The van der Waals surface area contributed by atoms with Crippen LogP contribution in [0.2, 0.25) is 0 Å². The van der Waals surface area contributed by atoms with Crippen molar-refractivity contribution in [3.63, 3.8) is 0 Å². The van der Waals surface area contributed by atoms with E-state index in [1.54, 1.807) is 0 Å². The average Bonchev–Trinajstić information content (AvgIpc) is 1.83. The molecule has 0 radical (unpaired) electrons. The number of rotatable bonds is 3. The van der Waals surface area contributed by atoms with Crippen molar-refractivity contribution in [3.8, 4) is 0 Å². The molecule has 0 spiro atoms. The van der Waals surface area contributed by atoms with Gasteiger partial charge in [-0.15, -0.1) is 0 Å². The summed E-state index contributed by atoms with van der Waals surface area (Å²) in [4.78, 5) is 0. The van der Waals surface area contributed by atoms with E-state index in [1.165, 1.54) is 0 Å². The van der Waals surface area contributed by atoms with E-state index < -0.39 is 0 Å². The molecule has 2 nitrogen and oxygen atoms in total. The molecule has 0 saturated heterocycles. The molecule has 0 rings (SSSR count). The zero-order valence-corrected chi connectivity index (χ0v) is 5.30. The Morgan fingerprint density at radius 2 is 2.25 bits per heavy atom. The molecule has 0 aromatic rings. The van der Waals surface area contributed by atoms with Crippen molar-refractivity contribution in [1.29, 1.82) is 0 Å². The first-order valence-corrected chi connectivity index (χ1v) is 2.93. The van der Waals surface area contributed by atoms with Crippen LogP contribution < -0.4 is 11.5 Å². The summed E-state index contributed by atoms with van der Waals surface area (Å²) in [5, 5.41) is 0. The molecule has 2 heteroatoms. The van der Waals surface area contributed by atoms with E-state index in [9.17, 15) is 0 Å². The predicted molar refractivity (Wildman–Crippen MR) is 36.5 cm³/mol. The van der Waals surface area contributed by atoms with Crippen LogP contribution in [0.4, 0.5) is 0 Å². The van der Waals surface area contributed by atoms with E-state index in [2.05, 4.69) is 6.92 Å². The molecule has 0 amide bonds. The molecule has 0 heterocycles. The van der Waals surface area contributed by atoms with Gasteiger partial charge in [-0.1, -0.05) is 19.1 Å². The van der Waals surface area contributed by atoms with Gasteiger partial charge in [-0.25, -0.2) is 0 Å².